The van der Waals surface area contributed by atoms with Gasteiger partial charge in [0.1, 0.15) is 0 Å². The van der Waals surface area contributed by atoms with Crippen molar-refractivity contribution < 1.29 is 32.7 Å². The topological polar surface area (TPSA) is 0 Å². The van der Waals surface area contributed by atoms with E-state index in [4.69, 9.17) is 0 Å². The van der Waals surface area contributed by atoms with Crippen LogP contribution in [0, 0.1) is 13.0 Å². The molecule has 1 aromatic rings. The number of aryl methyl sites for hydroxylation is 1. The van der Waals surface area contributed by atoms with E-state index >= 15 is 0 Å². The fraction of sp³-hybridized carbons (Fsp3) is 0.143. The second-order valence-electron chi connectivity index (χ2n) is 1.69. The molecule has 0 atom stereocenters. The Morgan fingerprint density at radius 2 is 2.22 bits per heavy atom. The zero-order chi connectivity index (χ0) is 5.98. The molecule has 0 amide bonds. The molecule has 0 saturated carbocycles. The van der Waals surface area contributed by atoms with Gasteiger partial charge in [0, 0.05) is 32.7 Å². The van der Waals surface area contributed by atoms with Crippen LogP contribution in [0.15, 0.2) is 22.7 Å². The minimum absolute atomic E-state index is 0. The first kappa shape index (κ1) is 9.80. The van der Waals surface area contributed by atoms with Crippen LogP contribution in [0.25, 0.3) is 0 Å². The monoisotopic (exact) mass is 258 g/mol. The van der Waals surface area contributed by atoms with Gasteiger partial charge in [0.05, 0.1) is 0 Å². The van der Waals surface area contributed by atoms with Crippen LogP contribution in [-0.4, -0.2) is 0 Å². The third-order valence-electron chi connectivity index (χ3n) is 0.908. The number of hydrogen-bond donors (Lipinski definition) is 0. The van der Waals surface area contributed by atoms with Crippen molar-refractivity contribution in [3.63, 3.8) is 0 Å². The Hall–Kier alpha value is 0.804. The van der Waals surface area contributed by atoms with Gasteiger partial charge in [-0.25, -0.2) is 0 Å². The van der Waals surface area contributed by atoms with E-state index in [0.717, 1.165) is 4.47 Å². The number of hydrogen-bond acceptors (Lipinski definition) is 0. The van der Waals surface area contributed by atoms with Gasteiger partial charge in [0.15, 0.2) is 0 Å². The van der Waals surface area contributed by atoms with Crippen LogP contribution in [0.3, 0.4) is 0 Å². The van der Waals surface area contributed by atoms with E-state index in [9.17, 15) is 0 Å². The molecule has 45 valence electrons. The molecule has 0 bridgehead atoms. The van der Waals surface area contributed by atoms with Crippen molar-refractivity contribution in [2.75, 3.05) is 0 Å². The first-order valence-electron chi connectivity index (χ1n) is 2.43. The number of halogens is 1. The molecule has 0 aromatic heterocycles. The van der Waals surface area contributed by atoms with Crippen LogP contribution < -0.4 is 0 Å². The molecular weight excluding hydrogens is 253 g/mol. The largest absolute Gasteiger partial charge is 0.181 e. The molecule has 0 N–H and O–H groups in total. The fourth-order valence-corrected chi connectivity index (χ4v) is 1.02. The average Bonchev–Trinajstić information content (AvgIpc) is 1.64. The summed E-state index contributed by atoms with van der Waals surface area (Å²) < 4.78 is 1.12. The fourth-order valence-electron chi connectivity index (χ4n) is 0.549. The van der Waals surface area contributed by atoms with E-state index in [1.807, 2.05) is 25.1 Å². The molecule has 9 heavy (non-hydrogen) atoms. The third kappa shape index (κ3) is 3.49. The van der Waals surface area contributed by atoms with E-state index in [1.165, 1.54) is 5.56 Å². The van der Waals surface area contributed by atoms with Gasteiger partial charge in [-0.15, -0.1) is 0 Å². The second-order valence-corrected chi connectivity index (χ2v) is 2.61. The Bertz CT molecular complexity index is 169. The average molecular weight is 259 g/mol. The Kier molecular flexibility index (Phi) is 5.00. The van der Waals surface area contributed by atoms with E-state index in [0.29, 0.717) is 0 Å². The molecule has 0 nitrogen and oxygen atoms in total. The summed E-state index contributed by atoms with van der Waals surface area (Å²) in [5.74, 6) is 0. The molecule has 0 unspecified atom stereocenters. The predicted octanol–water partition coefficient (Wildman–Crippen LogP) is 2.56. The van der Waals surface area contributed by atoms with Crippen molar-refractivity contribution in [3.8, 4) is 0 Å². The molecule has 0 aliphatic rings. The van der Waals surface area contributed by atoms with E-state index in [-0.39, 0.29) is 32.7 Å². The Balaban J connectivity index is 0.000000640. The van der Waals surface area contributed by atoms with Crippen LogP contribution in [0.4, 0.5) is 0 Å². The van der Waals surface area contributed by atoms with Gasteiger partial charge in [-0.05, 0) is 0 Å². The molecule has 0 saturated heterocycles. The van der Waals surface area contributed by atoms with Crippen molar-refractivity contribution in [2.24, 2.45) is 0 Å². The Labute approximate surface area is 89.0 Å². The van der Waals surface area contributed by atoms with Gasteiger partial charge in [0.2, 0.25) is 0 Å². The van der Waals surface area contributed by atoms with E-state index in [1.54, 1.807) is 0 Å². The summed E-state index contributed by atoms with van der Waals surface area (Å²) in [6.45, 7) is 2.02. The molecule has 1 radical (unpaired) electrons. The van der Waals surface area contributed by atoms with Crippen LogP contribution >= 0.6 is 15.9 Å². The first-order valence-corrected chi connectivity index (χ1v) is 3.22. The number of benzene rings is 1. The van der Waals surface area contributed by atoms with Crippen LogP contribution in [-0.2, 0) is 32.7 Å². The van der Waals surface area contributed by atoms with Crippen molar-refractivity contribution in [1.82, 2.24) is 0 Å². The van der Waals surface area contributed by atoms with Gasteiger partial charge in [0.25, 0.3) is 0 Å². The maximum atomic E-state index is 3.34. The maximum absolute atomic E-state index is 3.34. The minimum atomic E-state index is 0. The summed E-state index contributed by atoms with van der Waals surface area (Å²) in [6, 6.07) is 8.94. The molecule has 1 aromatic carbocycles. The van der Waals surface area contributed by atoms with Crippen LogP contribution in [0.2, 0.25) is 0 Å². The van der Waals surface area contributed by atoms with Crippen molar-refractivity contribution in [2.45, 2.75) is 6.92 Å². The summed E-state index contributed by atoms with van der Waals surface area (Å²) >= 11 is 3.34. The zero-order valence-electron chi connectivity index (χ0n) is 5.19. The smallest absolute Gasteiger partial charge is 0 e. The summed E-state index contributed by atoms with van der Waals surface area (Å²) in [6.07, 6.45) is 0. The molecule has 0 spiro atoms. The van der Waals surface area contributed by atoms with E-state index < -0.39 is 0 Å². The predicted molar refractivity (Wildman–Crippen MR) is 37.7 cm³/mol. The standard InChI is InChI=1S/C7H6Br.Y/c1-6-3-2-4-7(8)5-6;/h2,4-5H,1H3;/q-1;. The summed E-state index contributed by atoms with van der Waals surface area (Å²) in [5.41, 5.74) is 1.17. The van der Waals surface area contributed by atoms with Gasteiger partial charge in [-0.3, -0.25) is 0 Å². The molecule has 1 rings (SSSR count). The van der Waals surface area contributed by atoms with Crippen LogP contribution in [0.5, 0.6) is 0 Å². The Morgan fingerprint density at radius 1 is 1.56 bits per heavy atom. The SMILES string of the molecule is Cc1[c-]ccc(Br)c1.[Y]. The van der Waals surface area contributed by atoms with Gasteiger partial charge < -0.3 is 0 Å². The summed E-state index contributed by atoms with van der Waals surface area (Å²) in [7, 11) is 0. The quantitative estimate of drug-likeness (QED) is 0.628. The van der Waals surface area contributed by atoms with Crippen molar-refractivity contribution in [3.05, 3.63) is 34.3 Å². The third-order valence-corrected chi connectivity index (χ3v) is 1.40. The molecule has 0 fully saturated rings. The molecule has 0 aliphatic carbocycles. The Morgan fingerprint density at radius 3 is 2.56 bits per heavy atom. The summed E-state index contributed by atoms with van der Waals surface area (Å²) in [4.78, 5) is 0. The van der Waals surface area contributed by atoms with Gasteiger partial charge in [-0.1, -0.05) is 27.3 Å². The molecule has 2 heteroatoms. The molecule has 0 aliphatic heterocycles. The second kappa shape index (κ2) is 4.59. The van der Waals surface area contributed by atoms with Gasteiger partial charge >= 0.3 is 0 Å². The molecular formula is C7H6BrY-. The molecule has 0 heterocycles. The van der Waals surface area contributed by atoms with Crippen molar-refractivity contribution >= 4 is 15.9 Å². The first-order chi connectivity index (χ1) is 3.79. The van der Waals surface area contributed by atoms with Crippen LogP contribution in [0.1, 0.15) is 5.56 Å². The number of rotatable bonds is 0. The maximum Gasteiger partial charge on any atom is 0 e. The van der Waals surface area contributed by atoms with Gasteiger partial charge in [-0.2, -0.15) is 29.8 Å². The van der Waals surface area contributed by atoms with E-state index in [2.05, 4.69) is 22.0 Å². The minimum Gasteiger partial charge on any atom is -0.181 e. The summed E-state index contributed by atoms with van der Waals surface area (Å²) in [5, 5.41) is 0. The van der Waals surface area contributed by atoms with Crippen molar-refractivity contribution in [1.29, 1.82) is 0 Å². The normalized spacial score (nSPS) is 8.22. The zero-order valence-corrected chi connectivity index (χ0v) is 9.61.